The maximum absolute atomic E-state index is 11.9. The summed E-state index contributed by atoms with van der Waals surface area (Å²) >= 11 is 3.44. The molecule has 0 saturated carbocycles. The molecule has 3 heterocycles. The summed E-state index contributed by atoms with van der Waals surface area (Å²) in [5.41, 5.74) is 1.44. The van der Waals surface area contributed by atoms with Gasteiger partial charge in [0, 0.05) is 47.7 Å². The van der Waals surface area contributed by atoms with Crippen molar-refractivity contribution in [3.63, 3.8) is 0 Å². The lowest BCUT2D eigenvalue weighted by atomic mass is 10.1. The molecule has 2 aromatic heterocycles. The molecule has 0 aliphatic carbocycles. The fourth-order valence-corrected chi connectivity index (χ4v) is 4.27. The molecule has 0 aromatic carbocycles. The molecule has 23 heavy (non-hydrogen) atoms. The van der Waals surface area contributed by atoms with Gasteiger partial charge in [0.25, 0.3) is 0 Å². The average Bonchev–Trinajstić information content (AvgIpc) is 3.18. The van der Waals surface area contributed by atoms with Crippen LogP contribution in [0.25, 0.3) is 6.08 Å². The lowest BCUT2D eigenvalue weighted by Gasteiger charge is -2.32. The second-order valence-electron chi connectivity index (χ2n) is 5.80. The smallest absolute Gasteiger partial charge is 0.244 e. The predicted molar refractivity (Wildman–Crippen MR) is 96.8 cm³/mol. The fraction of sp³-hybridized carbons (Fsp3) is 0.412. The van der Waals surface area contributed by atoms with Crippen LogP contribution >= 0.6 is 22.7 Å². The monoisotopic (exact) mass is 347 g/mol. The number of carbonyl (C=O) groups is 1. The Morgan fingerprint density at radius 3 is 3.22 bits per heavy atom. The summed E-state index contributed by atoms with van der Waals surface area (Å²) in [4.78, 5) is 21.1. The van der Waals surface area contributed by atoms with Crippen LogP contribution in [0.5, 0.6) is 0 Å². The second kappa shape index (κ2) is 7.38. The lowest BCUT2D eigenvalue weighted by molar-refractivity contribution is -0.116. The molecule has 2 aromatic rings. The molecule has 1 amide bonds. The third-order valence-electron chi connectivity index (χ3n) is 4.07. The summed E-state index contributed by atoms with van der Waals surface area (Å²) in [7, 11) is 0. The van der Waals surface area contributed by atoms with Gasteiger partial charge in [-0.3, -0.25) is 9.69 Å². The van der Waals surface area contributed by atoms with E-state index in [0.29, 0.717) is 12.6 Å². The number of hydrogen-bond donors (Lipinski definition) is 1. The summed E-state index contributed by atoms with van der Waals surface area (Å²) in [5, 5.41) is 6.18. The zero-order valence-electron chi connectivity index (χ0n) is 13.4. The Morgan fingerprint density at radius 1 is 1.57 bits per heavy atom. The number of nitrogens with one attached hydrogen (secondary N) is 1. The number of nitrogens with zero attached hydrogens (tertiary/aromatic N) is 2. The molecule has 0 fully saturated rings. The van der Waals surface area contributed by atoms with E-state index in [-0.39, 0.29) is 5.91 Å². The summed E-state index contributed by atoms with van der Waals surface area (Å²) in [5.74, 6) is -0.0452. The van der Waals surface area contributed by atoms with Crippen LogP contribution in [0, 0.1) is 6.92 Å². The van der Waals surface area contributed by atoms with Gasteiger partial charge in [-0.1, -0.05) is 0 Å². The number of hydrogen-bond acceptors (Lipinski definition) is 5. The Balaban J connectivity index is 1.46. The second-order valence-corrected chi connectivity index (χ2v) is 8.07. The van der Waals surface area contributed by atoms with E-state index in [4.69, 9.17) is 0 Å². The van der Waals surface area contributed by atoms with Crippen LogP contribution in [-0.4, -0.2) is 34.9 Å². The third kappa shape index (κ3) is 4.28. The molecule has 3 rings (SSSR count). The normalized spacial score (nSPS) is 16.4. The van der Waals surface area contributed by atoms with E-state index in [1.807, 2.05) is 24.3 Å². The van der Waals surface area contributed by atoms with Crippen molar-refractivity contribution in [2.24, 2.45) is 0 Å². The van der Waals surface area contributed by atoms with Gasteiger partial charge in [0.05, 0.1) is 5.01 Å². The van der Waals surface area contributed by atoms with Crippen molar-refractivity contribution in [3.05, 3.63) is 44.0 Å². The summed E-state index contributed by atoms with van der Waals surface area (Å²) in [6.07, 6.45) is 6.32. The highest BCUT2D eigenvalue weighted by molar-refractivity contribution is 7.12. The van der Waals surface area contributed by atoms with Gasteiger partial charge in [-0.2, -0.15) is 0 Å². The quantitative estimate of drug-likeness (QED) is 0.846. The van der Waals surface area contributed by atoms with Gasteiger partial charge in [0.15, 0.2) is 0 Å². The minimum Gasteiger partial charge on any atom is -0.351 e. The summed E-state index contributed by atoms with van der Waals surface area (Å²) in [6, 6.07) is 2.56. The lowest BCUT2D eigenvalue weighted by Crippen LogP contribution is -2.43. The zero-order chi connectivity index (χ0) is 16.2. The van der Waals surface area contributed by atoms with Gasteiger partial charge >= 0.3 is 0 Å². The number of rotatable bonds is 5. The SMILES string of the molecule is Cc1ncc(/C=C\C(=O)NC[C@H](C)N2CCc3sccc3C2)s1. The third-order valence-corrected chi connectivity index (χ3v) is 5.97. The molecule has 6 heteroatoms. The van der Waals surface area contributed by atoms with E-state index in [0.717, 1.165) is 29.4 Å². The first-order chi connectivity index (χ1) is 11.1. The van der Waals surface area contributed by atoms with Crippen LogP contribution in [0.15, 0.2) is 23.7 Å². The molecule has 0 bridgehead atoms. The highest BCUT2D eigenvalue weighted by atomic mass is 32.1. The van der Waals surface area contributed by atoms with Crippen LogP contribution in [0.1, 0.15) is 27.2 Å². The minimum absolute atomic E-state index is 0.0452. The highest BCUT2D eigenvalue weighted by Crippen LogP contribution is 2.24. The van der Waals surface area contributed by atoms with E-state index in [2.05, 4.69) is 33.6 Å². The Bertz CT molecular complexity index is 704. The molecule has 4 nitrogen and oxygen atoms in total. The molecule has 0 radical (unpaired) electrons. The molecule has 0 saturated heterocycles. The maximum Gasteiger partial charge on any atom is 0.244 e. The maximum atomic E-state index is 11.9. The van der Waals surface area contributed by atoms with E-state index < -0.39 is 0 Å². The van der Waals surface area contributed by atoms with Crippen molar-refractivity contribution in [2.45, 2.75) is 32.9 Å². The molecular weight excluding hydrogens is 326 g/mol. The van der Waals surface area contributed by atoms with Gasteiger partial charge in [0.2, 0.25) is 5.91 Å². The van der Waals surface area contributed by atoms with Crippen LogP contribution in [0.2, 0.25) is 0 Å². The molecule has 1 atom stereocenters. The van der Waals surface area contributed by atoms with E-state index in [1.54, 1.807) is 23.6 Å². The van der Waals surface area contributed by atoms with Crippen LogP contribution in [-0.2, 0) is 17.8 Å². The zero-order valence-corrected chi connectivity index (χ0v) is 15.0. The first-order valence-electron chi connectivity index (χ1n) is 7.79. The molecule has 0 unspecified atom stereocenters. The number of aromatic nitrogens is 1. The molecule has 1 N–H and O–H groups in total. The van der Waals surface area contributed by atoms with Crippen LogP contribution in [0.3, 0.4) is 0 Å². The number of fused-ring (bicyclic) bond motifs is 1. The molecule has 122 valence electrons. The first-order valence-corrected chi connectivity index (χ1v) is 9.49. The molecule has 1 aliphatic heterocycles. The Morgan fingerprint density at radius 2 is 2.43 bits per heavy atom. The highest BCUT2D eigenvalue weighted by Gasteiger charge is 2.21. The van der Waals surface area contributed by atoms with E-state index in [9.17, 15) is 4.79 Å². The Kier molecular flexibility index (Phi) is 5.25. The van der Waals surface area contributed by atoms with Gasteiger partial charge in [-0.25, -0.2) is 4.98 Å². The Hall–Kier alpha value is -1.50. The summed E-state index contributed by atoms with van der Waals surface area (Å²) in [6.45, 7) is 6.87. The van der Waals surface area contributed by atoms with E-state index in [1.165, 1.54) is 10.4 Å². The largest absolute Gasteiger partial charge is 0.351 e. The van der Waals surface area contributed by atoms with Crippen molar-refractivity contribution >= 4 is 34.7 Å². The predicted octanol–water partition coefficient (Wildman–Crippen LogP) is 3.09. The average molecular weight is 348 g/mol. The number of thiophene rings is 1. The molecular formula is C17H21N3OS2. The van der Waals surface area contributed by atoms with Crippen molar-refractivity contribution in [1.82, 2.24) is 15.2 Å². The molecule has 0 spiro atoms. The Labute approximate surface area is 144 Å². The number of amides is 1. The standard InChI is InChI=1S/C17H21N3OS2/c1-12(20-7-5-16-14(11-20)6-8-22-16)9-19-17(21)4-3-15-10-18-13(2)23-15/h3-4,6,8,10,12H,5,7,9,11H2,1-2H3,(H,19,21)/b4-3-/t12-/m0/s1. The van der Waals surface area contributed by atoms with Crippen molar-refractivity contribution in [2.75, 3.05) is 13.1 Å². The van der Waals surface area contributed by atoms with Gasteiger partial charge in [-0.15, -0.1) is 22.7 Å². The topological polar surface area (TPSA) is 45.2 Å². The van der Waals surface area contributed by atoms with E-state index >= 15 is 0 Å². The number of carbonyl (C=O) groups excluding carboxylic acids is 1. The van der Waals surface area contributed by atoms with Gasteiger partial charge < -0.3 is 5.32 Å². The number of thiazole rings is 1. The summed E-state index contributed by atoms with van der Waals surface area (Å²) < 4.78 is 0. The number of aryl methyl sites for hydroxylation is 1. The van der Waals surface area contributed by atoms with Crippen molar-refractivity contribution < 1.29 is 4.79 Å². The van der Waals surface area contributed by atoms with Crippen LogP contribution < -0.4 is 5.32 Å². The van der Waals surface area contributed by atoms with Crippen molar-refractivity contribution in [1.29, 1.82) is 0 Å². The van der Waals surface area contributed by atoms with Crippen LogP contribution in [0.4, 0.5) is 0 Å². The fourth-order valence-electron chi connectivity index (χ4n) is 2.70. The minimum atomic E-state index is -0.0452. The van der Waals surface area contributed by atoms with Gasteiger partial charge in [-0.05, 0) is 43.4 Å². The van der Waals surface area contributed by atoms with Gasteiger partial charge in [0.1, 0.15) is 0 Å². The van der Waals surface area contributed by atoms with Crippen molar-refractivity contribution in [3.8, 4) is 0 Å². The first kappa shape index (κ1) is 16.4. The molecule has 1 aliphatic rings.